The molecule has 22 heavy (non-hydrogen) atoms. The number of fused-ring (bicyclic) bond motifs is 1. The summed E-state index contributed by atoms with van der Waals surface area (Å²) in [5.41, 5.74) is 3.46. The molecule has 0 saturated carbocycles. The normalized spacial score (nSPS) is 13.0. The smallest absolute Gasteiger partial charge is 0.280 e. The molecule has 0 radical (unpaired) electrons. The van der Waals surface area contributed by atoms with E-state index in [0.29, 0.717) is 5.75 Å². The Morgan fingerprint density at radius 3 is 2.68 bits per heavy atom. The number of hydrogen-bond donors (Lipinski definition) is 1. The summed E-state index contributed by atoms with van der Waals surface area (Å²) in [6, 6.07) is 13.8. The molecule has 4 nitrogen and oxygen atoms in total. The molecule has 0 heterocycles. The van der Waals surface area contributed by atoms with Crippen molar-refractivity contribution in [2.24, 2.45) is 5.10 Å². The van der Waals surface area contributed by atoms with Gasteiger partial charge in [-0.1, -0.05) is 43.7 Å². The minimum absolute atomic E-state index is 0.247. The van der Waals surface area contributed by atoms with E-state index in [2.05, 4.69) is 17.5 Å². The summed E-state index contributed by atoms with van der Waals surface area (Å²) in [5, 5.41) is 6.30. The molecule has 2 aromatic carbocycles. The van der Waals surface area contributed by atoms with Gasteiger partial charge in [-0.25, -0.2) is 5.43 Å². The van der Waals surface area contributed by atoms with E-state index in [9.17, 15) is 4.79 Å². The van der Waals surface area contributed by atoms with E-state index in [1.807, 2.05) is 49.4 Å². The predicted octanol–water partition coefficient (Wildman–Crippen LogP) is 3.90. The van der Waals surface area contributed by atoms with E-state index in [4.69, 9.17) is 4.74 Å². The standard InChI is InChI=1S/C18H22N2O2/c1-4-7-13(2)19-20-18(21)14(3)22-17-11-10-15-8-5-6-9-16(15)12-17/h5-6,8-12,14H,4,7H2,1-3H3,(H,20,21)/b19-13+. The molecule has 0 bridgehead atoms. The number of ether oxygens (including phenoxy) is 1. The van der Waals surface area contributed by atoms with Crippen LogP contribution >= 0.6 is 0 Å². The second-order valence-corrected chi connectivity index (χ2v) is 5.34. The van der Waals surface area contributed by atoms with E-state index in [-0.39, 0.29) is 5.91 Å². The highest BCUT2D eigenvalue weighted by Crippen LogP contribution is 2.21. The number of rotatable bonds is 6. The lowest BCUT2D eigenvalue weighted by molar-refractivity contribution is -0.127. The Hall–Kier alpha value is -2.36. The van der Waals surface area contributed by atoms with Crippen LogP contribution in [0.25, 0.3) is 10.8 Å². The zero-order valence-electron chi connectivity index (χ0n) is 13.3. The molecule has 1 amide bonds. The van der Waals surface area contributed by atoms with Gasteiger partial charge in [0.15, 0.2) is 6.10 Å². The maximum Gasteiger partial charge on any atom is 0.280 e. The Bertz CT molecular complexity index is 680. The molecule has 116 valence electrons. The summed E-state index contributed by atoms with van der Waals surface area (Å²) in [5.74, 6) is 0.430. The van der Waals surface area contributed by atoms with Crippen molar-refractivity contribution in [1.29, 1.82) is 0 Å². The Morgan fingerprint density at radius 1 is 1.23 bits per heavy atom. The van der Waals surface area contributed by atoms with Gasteiger partial charge in [0.1, 0.15) is 5.75 Å². The number of hydrogen-bond acceptors (Lipinski definition) is 3. The maximum absolute atomic E-state index is 12.0. The molecule has 0 aliphatic rings. The van der Waals surface area contributed by atoms with Gasteiger partial charge in [0, 0.05) is 5.71 Å². The maximum atomic E-state index is 12.0. The lowest BCUT2D eigenvalue weighted by atomic mass is 10.1. The van der Waals surface area contributed by atoms with Crippen molar-refractivity contribution < 1.29 is 9.53 Å². The van der Waals surface area contributed by atoms with E-state index in [1.54, 1.807) is 6.92 Å². The third-order valence-electron chi connectivity index (χ3n) is 3.37. The topological polar surface area (TPSA) is 50.7 Å². The van der Waals surface area contributed by atoms with Gasteiger partial charge in [0.2, 0.25) is 0 Å². The Balaban J connectivity index is 1.99. The van der Waals surface area contributed by atoms with Gasteiger partial charge in [-0.15, -0.1) is 0 Å². The number of amides is 1. The summed E-state index contributed by atoms with van der Waals surface area (Å²) >= 11 is 0. The zero-order valence-corrected chi connectivity index (χ0v) is 13.3. The predicted molar refractivity (Wildman–Crippen MR) is 90.2 cm³/mol. The van der Waals surface area contributed by atoms with E-state index >= 15 is 0 Å². The van der Waals surface area contributed by atoms with Gasteiger partial charge >= 0.3 is 0 Å². The first kappa shape index (κ1) is 16.0. The van der Waals surface area contributed by atoms with Gasteiger partial charge in [-0.2, -0.15) is 5.10 Å². The molecular weight excluding hydrogens is 276 g/mol. The van der Waals surface area contributed by atoms with Crippen molar-refractivity contribution in [2.75, 3.05) is 0 Å². The highest BCUT2D eigenvalue weighted by Gasteiger charge is 2.14. The molecule has 0 aliphatic heterocycles. The highest BCUT2D eigenvalue weighted by atomic mass is 16.5. The van der Waals surface area contributed by atoms with Gasteiger partial charge in [0.05, 0.1) is 0 Å². The summed E-state index contributed by atoms with van der Waals surface area (Å²) in [4.78, 5) is 12.0. The molecule has 0 aromatic heterocycles. The van der Waals surface area contributed by atoms with Crippen molar-refractivity contribution in [3.8, 4) is 5.75 Å². The van der Waals surface area contributed by atoms with Crippen LogP contribution in [0.4, 0.5) is 0 Å². The first-order chi connectivity index (χ1) is 10.6. The van der Waals surface area contributed by atoms with Crippen molar-refractivity contribution in [1.82, 2.24) is 5.43 Å². The number of benzene rings is 2. The largest absolute Gasteiger partial charge is 0.481 e. The fourth-order valence-corrected chi connectivity index (χ4v) is 2.16. The first-order valence-electron chi connectivity index (χ1n) is 7.58. The van der Waals surface area contributed by atoms with Crippen LogP contribution in [0.1, 0.15) is 33.6 Å². The van der Waals surface area contributed by atoms with Crippen LogP contribution in [0.2, 0.25) is 0 Å². The van der Waals surface area contributed by atoms with Crippen LogP contribution in [0.5, 0.6) is 5.75 Å². The number of hydrazone groups is 1. The van der Waals surface area contributed by atoms with Gasteiger partial charge in [-0.3, -0.25) is 4.79 Å². The minimum Gasteiger partial charge on any atom is -0.481 e. The van der Waals surface area contributed by atoms with Crippen LogP contribution in [-0.4, -0.2) is 17.7 Å². The first-order valence-corrected chi connectivity index (χ1v) is 7.58. The van der Waals surface area contributed by atoms with Crippen molar-refractivity contribution in [3.05, 3.63) is 42.5 Å². The lowest BCUT2D eigenvalue weighted by Crippen LogP contribution is -2.33. The summed E-state index contributed by atoms with van der Waals surface area (Å²) in [7, 11) is 0. The second-order valence-electron chi connectivity index (χ2n) is 5.34. The molecule has 4 heteroatoms. The average molecular weight is 298 g/mol. The zero-order chi connectivity index (χ0) is 15.9. The van der Waals surface area contributed by atoms with Crippen LogP contribution in [0, 0.1) is 0 Å². The number of carbonyl (C=O) groups excluding carboxylic acids is 1. The van der Waals surface area contributed by atoms with Crippen LogP contribution < -0.4 is 10.2 Å². The Morgan fingerprint density at radius 2 is 1.95 bits per heavy atom. The van der Waals surface area contributed by atoms with Crippen LogP contribution in [-0.2, 0) is 4.79 Å². The molecule has 2 rings (SSSR count). The van der Waals surface area contributed by atoms with Gasteiger partial charge in [-0.05, 0) is 43.2 Å². The fourth-order valence-electron chi connectivity index (χ4n) is 2.16. The quantitative estimate of drug-likeness (QED) is 0.649. The lowest BCUT2D eigenvalue weighted by Gasteiger charge is -2.13. The average Bonchev–Trinajstić information content (AvgIpc) is 2.52. The van der Waals surface area contributed by atoms with Crippen molar-refractivity contribution in [3.63, 3.8) is 0 Å². The van der Waals surface area contributed by atoms with E-state index < -0.39 is 6.10 Å². The van der Waals surface area contributed by atoms with Crippen LogP contribution in [0.3, 0.4) is 0 Å². The van der Waals surface area contributed by atoms with Crippen molar-refractivity contribution in [2.45, 2.75) is 39.7 Å². The number of carbonyl (C=O) groups is 1. The van der Waals surface area contributed by atoms with Crippen LogP contribution in [0.15, 0.2) is 47.6 Å². The second kappa shape index (κ2) is 7.59. The van der Waals surface area contributed by atoms with E-state index in [0.717, 1.165) is 29.3 Å². The summed E-state index contributed by atoms with van der Waals surface area (Å²) in [6.07, 6.45) is 1.29. The molecule has 1 N–H and O–H groups in total. The minimum atomic E-state index is -0.598. The molecule has 1 unspecified atom stereocenters. The molecule has 0 fully saturated rings. The van der Waals surface area contributed by atoms with Gasteiger partial charge in [0.25, 0.3) is 5.91 Å². The fraction of sp³-hybridized carbons (Fsp3) is 0.333. The molecule has 2 aromatic rings. The van der Waals surface area contributed by atoms with Gasteiger partial charge < -0.3 is 4.74 Å². The third kappa shape index (κ3) is 4.32. The molecule has 0 aliphatic carbocycles. The monoisotopic (exact) mass is 298 g/mol. The molecule has 0 saturated heterocycles. The Kier molecular flexibility index (Phi) is 5.53. The number of nitrogens with one attached hydrogen (secondary N) is 1. The molecule has 0 spiro atoms. The summed E-state index contributed by atoms with van der Waals surface area (Å²) in [6.45, 7) is 5.69. The van der Waals surface area contributed by atoms with Crippen molar-refractivity contribution >= 4 is 22.4 Å². The summed E-state index contributed by atoms with van der Waals surface area (Å²) < 4.78 is 5.70. The molecule has 1 atom stereocenters. The molecular formula is C18H22N2O2. The Labute approximate surface area is 131 Å². The highest BCUT2D eigenvalue weighted by molar-refractivity contribution is 5.86. The third-order valence-corrected chi connectivity index (χ3v) is 3.37. The number of nitrogens with zero attached hydrogens (tertiary/aromatic N) is 1. The van der Waals surface area contributed by atoms with E-state index in [1.165, 1.54) is 0 Å². The SMILES string of the molecule is CCC/C(C)=N/NC(=O)C(C)Oc1ccc2ccccc2c1.